The molecule has 9 heteroatoms. The van der Waals surface area contributed by atoms with Crippen LogP contribution in [0, 0.1) is 5.92 Å². The number of carbonyl (C=O) groups is 3. The van der Waals surface area contributed by atoms with Crippen molar-refractivity contribution >= 4 is 28.7 Å². The summed E-state index contributed by atoms with van der Waals surface area (Å²) >= 11 is 0. The molecule has 0 saturated heterocycles. The first-order valence-electron chi connectivity index (χ1n) is 13.6. The topological polar surface area (TPSA) is 113 Å². The zero-order valence-corrected chi connectivity index (χ0v) is 24.2. The van der Waals surface area contributed by atoms with Gasteiger partial charge in [0, 0.05) is 35.1 Å². The molecule has 4 rings (SSSR count). The van der Waals surface area contributed by atoms with Crippen molar-refractivity contribution in [3.8, 4) is 22.8 Å². The van der Waals surface area contributed by atoms with E-state index in [1.807, 2.05) is 54.6 Å². The Hall–Kier alpha value is -4.40. The largest absolute Gasteiger partial charge is 0.497 e. The number of nitrogens with zero attached hydrogens (tertiary/aromatic N) is 1. The lowest BCUT2D eigenvalue weighted by Gasteiger charge is -2.25. The molecule has 41 heavy (non-hydrogen) atoms. The van der Waals surface area contributed by atoms with E-state index in [0.29, 0.717) is 29.1 Å². The summed E-state index contributed by atoms with van der Waals surface area (Å²) in [6.07, 6.45) is 1.52. The number of hydrogen-bond donors (Lipinski definition) is 1. The van der Waals surface area contributed by atoms with Crippen LogP contribution in [0.25, 0.3) is 22.2 Å². The summed E-state index contributed by atoms with van der Waals surface area (Å²) in [5.74, 6) is -1.30. The van der Waals surface area contributed by atoms with Gasteiger partial charge in [-0.2, -0.15) is 0 Å². The molecule has 3 atom stereocenters. The highest BCUT2D eigenvalue weighted by atomic mass is 16.6. The van der Waals surface area contributed by atoms with Crippen molar-refractivity contribution in [2.24, 2.45) is 5.92 Å². The fourth-order valence-corrected chi connectivity index (χ4v) is 4.70. The molecule has 0 saturated carbocycles. The van der Waals surface area contributed by atoms with Crippen molar-refractivity contribution in [2.45, 2.75) is 58.3 Å². The number of nitrogens with one attached hydrogen (secondary N) is 1. The molecule has 0 fully saturated rings. The van der Waals surface area contributed by atoms with Gasteiger partial charge >= 0.3 is 11.9 Å². The van der Waals surface area contributed by atoms with Crippen LogP contribution in [0.3, 0.4) is 0 Å². The van der Waals surface area contributed by atoms with Crippen molar-refractivity contribution in [1.82, 2.24) is 10.3 Å². The summed E-state index contributed by atoms with van der Waals surface area (Å²) in [6, 6.07) is 16.2. The molecule has 1 heterocycles. The molecule has 1 aliphatic carbocycles. The van der Waals surface area contributed by atoms with Crippen LogP contribution in [0.2, 0.25) is 0 Å². The van der Waals surface area contributed by atoms with Gasteiger partial charge in [-0.1, -0.05) is 37.3 Å². The monoisotopic (exact) mass is 560 g/mol. The minimum Gasteiger partial charge on any atom is -0.497 e. The van der Waals surface area contributed by atoms with Gasteiger partial charge in [0.15, 0.2) is 0 Å². The third kappa shape index (κ3) is 7.03. The molecule has 0 bridgehead atoms. The summed E-state index contributed by atoms with van der Waals surface area (Å²) in [5, 5.41) is 3.51. The number of hydrogen-bond acceptors (Lipinski definition) is 8. The van der Waals surface area contributed by atoms with Crippen molar-refractivity contribution in [3.63, 3.8) is 0 Å². The number of aromatic nitrogens is 1. The summed E-state index contributed by atoms with van der Waals surface area (Å²) in [5.41, 5.74) is 1.76. The Balaban J connectivity index is 1.63. The Morgan fingerprint density at radius 2 is 1.78 bits per heavy atom. The van der Waals surface area contributed by atoms with E-state index in [-0.39, 0.29) is 12.0 Å². The quantitative estimate of drug-likeness (QED) is 0.363. The normalized spacial score (nSPS) is 17.4. The Labute approximate surface area is 239 Å². The van der Waals surface area contributed by atoms with Gasteiger partial charge in [0.2, 0.25) is 5.91 Å². The number of esters is 2. The lowest BCUT2D eigenvalue weighted by Crippen LogP contribution is -2.46. The van der Waals surface area contributed by atoms with E-state index in [9.17, 15) is 14.4 Å². The molecule has 0 radical (unpaired) electrons. The van der Waals surface area contributed by atoms with Gasteiger partial charge in [0.1, 0.15) is 29.2 Å². The molecular weight excluding hydrogens is 524 g/mol. The molecule has 1 aliphatic rings. The van der Waals surface area contributed by atoms with Crippen LogP contribution in [0.5, 0.6) is 11.5 Å². The van der Waals surface area contributed by atoms with E-state index < -0.39 is 41.5 Å². The minimum absolute atomic E-state index is 0.178. The van der Waals surface area contributed by atoms with Crippen molar-refractivity contribution in [2.75, 3.05) is 14.2 Å². The predicted molar refractivity (Wildman–Crippen MR) is 154 cm³/mol. The summed E-state index contributed by atoms with van der Waals surface area (Å²) in [6.45, 7) is 7.07. The molecule has 3 aromatic rings. The Bertz CT molecular complexity index is 1460. The zero-order chi connectivity index (χ0) is 29.7. The molecule has 9 nitrogen and oxygen atoms in total. The molecule has 216 valence electrons. The fraction of sp³-hybridized carbons (Fsp3) is 0.375. The standard InChI is InChI=1S/C32H36N2O7/c1-7-25(31(37)41-32(2,3)4)34-29(35)23-15-21(16-24(23)30(36)39-6)40-28-18-26(19-11-9-8-10-12-19)33-27-17-20(38-5)13-14-22(27)28/h8-14,16-18,21,23,25H,7,15H2,1-6H3,(H,34,35)/t21?,23?,25-/m0/s1. The van der Waals surface area contributed by atoms with Gasteiger partial charge in [-0.3, -0.25) is 4.79 Å². The maximum atomic E-state index is 13.4. The van der Waals surface area contributed by atoms with Crippen LogP contribution in [-0.2, 0) is 23.9 Å². The number of carbonyl (C=O) groups excluding carboxylic acids is 3. The maximum Gasteiger partial charge on any atom is 0.334 e. The van der Waals surface area contributed by atoms with E-state index in [0.717, 1.165) is 10.9 Å². The van der Waals surface area contributed by atoms with Gasteiger partial charge < -0.3 is 24.3 Å². The molecule has 1 aromatic heterocycles. The third-order valence-corrected chi connectivity index (χ3v) is 6.69. The van der Waals surface area contributed by atoms with Gasteiger partial charge in [0.05, 0.1) is 31.3 Å². The number of methoxy groups -OCH3 is 2. The van der Waals surface area contributed by atoms with Gasteiger partial charge in [-0.25, -0.2) is 14.6 Å². The molecule has 2 unspecified atom stereocenters. The molecule has 1 amide bonds. The first-order chi connectivity index (χ1) is 19.5. The van der Waals surface area contributed by atoms with Gasteiger partial charge in [-0.15, -0.1) is 0 Å². The van der Waals surface area contributed by atoms with E-state index in [1.165, 1.54) is 7.11 Å². The number of amides is 1. The van der Waals surface area contributed by atoms with E-state index in [2.05, 4.69) is 5.32 Å². The average Bonchev–Trinajstić information content (AvgIpc) is 3.38. The SMILES string of the molecule is CC[C@H](NC(=O)C1CC(Oc2cc(-c3ccccc3)nc3cc(OC)ccc23)C=C1C(=O)OC)C(=O)OC(C)(C)C. The van der Waals surface area contributed by atoms with Crippen LogP contribution in [0.4, 0.5) is 0 Å². The molecule has 1 N–H and O–H groups in total. The van der Waals surface area contributed by atoms with Crippen molar-refractivity contribution in [1.29, 1.82) is 0 Å². The number of fused-ring (bicyclic) bond motifs is 1. The van der Waals surface area contributed by atoms with E-state index in [4.69, 9.17) is 23.9 Å². The third-order valence-electron chi connectivity index (χ3n) is 6.69. The Morgan fingerprint density at radius 1 is 1.05 bits per heavy atom. The number of benzene rings is 2. The number of ether oxygens (including phenoxy) is 4. The lowest BCUT2D eigenvalue weighted by molar-refractivity contribution is -0.158. The average molecular weight is 561 g/mol. The van der Waals surface area contributed by atoms with Gasteiger partial charge in [0.25, 0.3) is 0 Å². The molecule has 2 aromatic carbocycles. The first kappa shape index (κ1) is 29.6. The number of rotatable bonds is 9. The van der Waals surface area contributed by atoms with Crippen molar-refractivity contribution in [3.05, 3.63) is 66.2 Å². The molecule has 0 spiro atoms. The zero-order valence-electron chi connectivity index (χ0n) is 24.2. The molecule has 0 aliphatic heterocycles. The predicted octanol–water partition coefficient (Wildman–Crippen LogP) is 5.01. The highest BCUT2D eigenvalue weighted by Gasteiger charge is 2.39. The second kappa shape index (κ2) is 12.4. The van der Waals surface area contributed by atoms with Gasteiger partial charge in [-0.05, 0) is 45.4 Å². The Morgan fingerprint density at radius 3 is 2.41 bits per heavy atom. The smallest absolute Gasteiger partial charge is 0.334 e. The summed E-state index contributed by atoms with van der Waals surface area (Å²) in [4.78, 5) is 43.5. The van der Waals surface area contributed by atoms with E-state index in [1.54, 1.807) is 40.9 Å². The number of pyridine rings is 1. The van der Waals surface area contributed by atoms with Crippen LogP contribution < -0.4 is 14.8 Å². The van der Waals surface area contributed by atoms with Crippen LogP contribution in [-0.4, -0.2) is 54.8 Å². The Kier molecular flexibility index (Phi) is 8.95. The van der Waals surface area contributed by atoms with Crippen LogP contribution in [0.1, 0.15) is 40.5 Å². The lowest BCUT2D eigenvalue weighted by atomic mass is 9.99. The summed E-state index contributed by atoms with van der Waals surface area (Å²) < 4.78 is 22.3. The second-order valence-corrected chi connectivity index (χ2v) is 10.8. The molecular formula is C32H36N2O7. The fourth-order valence-electron chi connectivity index (χ4n) is 4.70. The second-order valence-electron chi connectivity index (χ2n) is 10.8. The van der Waals surface area contributed by atoms with Crippen molar-refractivity contribution < 1.29 is 33.3 Å². The van der Waals surface area contributed by atoms with E-state index >= 15 is 0 Å². The maximum absolute atomic E-state index is 13.4. The first-order valence-corrected chi connectivity index (χ1v) is 13.6. The van der Waals surface area contributed by atoms with Crippen LogP contribution in [0.15, 0.2) is 66.2 Å². The minimum atomic E-state index is -0.870. The highest BCUT2D eigenvalue weighted by Crippen LogP contribution is 2.36. The van der Waals surface area contributed by atoms with Crippen LogP contribution >= 0.6 is 0 Å². The summed E-state index contributed by atoms with van der Waals surface area (Å²) in [7, 11) is 2.85. The highest BCUT2D eigenvalue weighted by molar-refractivity contribution is 5.99.